The van der Waals surface area contributed by atoms with Crippen molar-refractivity contribution >= 4 is 5.69 Å². The second-order valence-electron chi connectivity index (χ2n) is 4.64. The van der Waals surface area contributed by atoms with Crippen LogP contribution < -0.4 is 15.8 Å². The molecule has 0 aliphatic heterocycles. The summed E-state index contributed by atoms with van der Waals surface area (Å²) in [6.45, 7) is 2.87. The molecule has 0 saturated heterocycles. The first-order valence-electron chi connectivity index (χ1n) is 6.37. The molecule has 0 bridgehead atoms. The van der Waals surface area contributed by atoms with Crippen LogP contribution in [0, 0.1) is 0 Å². The van der Waals surface area contributed by atoms with Crippen LogP contribution in [0.3, 0.4) is 0 Å². The predicted molar refractivity (Wildman–Crippen MR) is 76.1 cm³/mol. The van der Waals surface area contributed by atoms with Gasteiger partial charge in [0.05, 0.1) is 13.4 Å². The van der Waals surface area contributed by atoms with Crippen molar-refractivity contribution < 1.29 is 9.15 Å². The number of nitrogen functional groups attached to an aromatic ring is 1. The fraction of sp³-hybridized carbons (Fsp3) is 0.333. The van der Waals surface area contributed by atoms with Gasteiger partial charge in [-0.05, 0) is 25.1 Å². The van der Waals surface area contributed by atoms with Crippen LogP contribution in [-0.2, 0) is 13.0 Å². The molecule has 0 aliphatic rings. The molecule has 4 heteroatoms. The summed E-state index contributed by atoms with van der Waals surface area (Å²) in [6, 6.07) is 9.94. The zero-order valence-electron chi connectivity index (χ0n) is 11.3. The lowest BCUT2D eigenvalue weighted by molar-refractivity contribution is 0.404. The zero-order valence-corrected chi connectivity index (χ0v) is 11.3. The molecule has 2 aromatic rings. The van der Waals surface area contributed by atoms with Crippen molar-refractivity contribution in [2.75, 3.05) is 12.8 Å². The molecule has 0 aliphatic carbocycles. The molecule has 1 atom stereocenters. The quantitative estimate of drug-likeness (QED) is 0.784. The van der Waals surface area contributed by atoms with Crippen molar-refractivity contribution in [3.05, 3.63) is 47.9 Å². The average Bonchev–Trinajstić information content (AvgIpc) is 2.90. The minimum atomic E-state index is 0.327. The van der Waals surface area contributed by atoms with Crippen molar-refractivity contribution in [1.29, 1.82) is 0 Å². The van der Waals surface area contributed by atoms with Gasteiger partial charge in [-0.15, -0.1) is 0 Å². The van der Waals surface area contributed by atoms with E-state index in [1.807, 2.05) is 30.3 Å². The molecule has 1 aromatic heterocycles. The lowest BCUT2D eigenvalue weighted by Gasteiger charge is -2.14. The Bertz CT molecular complexity index is 509. The third-order valence-corrected chi connectivity index (χ3v) is 3.04. The molecular weight excluding hydrogens is 240 g/mol. The summed E-state index contributed by atoms with van der Waals surface area (Å²) in [5.74, 6) is 1.81. The first-order chi connectivity index (χ1) is 9.19. The number of nitrogens with one attached hydrogen (secondary N) is 1. The van der Waals surface area contributed by atoms with E-state index in [0.717, 1.165) is 30.0 Å². The van der Waals surface area contributed by atoms with Gasteiger partial charge < -0.3 is 20.2 Å². The van der Waals surface area contributed by atoms with Crippen LogP contribution in [0.1, 0.15) is 18.2 Å². The third kappa shape index (κ3) is 3.76. The SMILES string of the molecule is COc1cc(N)ccc1CNC(C)Cc1ccco1. The molecule has 1 aromatic carbocycles. The highest BCUT2D eigenvalue weighted by Gasteiger charge is 2.08. The van der Waals surface area contributed by atoms with Crippen LogP contribution in [0.5, 0.6) is 5.75 Å². The summed E-state index contributed by atoms with van der Waals surface area (Å²) < 4.78 is 10.7. The number of benzene rings is 1. The Labute approximate surface area is 113 Å². The van der Waals surface area contributed by atoms with E-state index in [-0.39, 0.29) is 0 Å². The van der Waals surface area contributed by atoms with Gasteiger partial charge in [0.1, 0.15) is 11.5 Å². The van der Waals surface area contributed by atoms with E-state index in [1.165, 1.54) is 0 Å². The van der Waals surface area contributed by atoms with Gasteiger partial charge in [0, 0.05) is 36.3 Å². The topological polar surface area (TPSA) is 60.4 Å². The molecule has 0 fully saturated rings. The van der Waals surface area contributed by atoms with E-state index < -0.39 is 0 Å². The van der Waals surface area contributed by atoms with Gasteiger partial charge in [-0.25, -0.2) is 0 Å². The van der Waals surface area contributed by atoms with Crippen LogP contribution in [-0.4, -0.2) is 13.2 Å². The molecule has 2 rings (SSSR count). The van der Waals surface area contributed by atoms with Gasteiger partial charge in [0.2, 0.25) is 0 Å². The van der Waals surface area contributed by atoms with Crippen LogP contribution >= 0.6 is 0 Å². The first kappa shape index (κ1) is 13.5. The Kier molecular flexibility index (Phi) is 4.47. The van der Waals surface area contributed by atoms with E-state index in [0.29, 0.717) is 11.7 Å². The Morgan fingerprint density at radius 1 is 1.37 bits per heavy atom. The van der Waals surface area contributed by atoms with Gasteiger partial charge in [0.25, 0.3) is 0 Å². The number of furan rings is 1. The second kappa shape index (κ2) is 6.29. The lowest BCUT2D eigenvalue weighted by atomic mass is 10.1. The minimum absolute atomic E-state index is 0.327. The Morgan fingerprint density at radius 2 is 2.21 bits per heavy atom. The van der Waals surface area contributed by atoms with Gasteiger partial charge >= 0.3 is 0 Å². The van der Waals surface area contributed by atoms with E-state index >= 15 is 0 Å². The van der Waals surface area contributed by atoms with E-state index in [1.54, 1.807) is 13.4 Å². The zero-order chi connectivity index (χ0) is 13.7. The molecule has 1 unspecified atom stereocenters. The monoisotopic (exact) mass is 260 g/mol. The van der Waals surface area contributed by atoms with Crippen molar-refractivity contribution in [3.8, 4) is 5.75 Å². The number of nitrogens with two attached hydrogens (primary N) is 1. The largest absolute Gasteiger partial charge is 0.496 e. The second-order valence-corrected chi connectivity index (χ2v) is 4.64. The Balaban J connectivity index is 1.91. The van der Waals surface area contributed by atoms with Crippen LogP contribution in [0.4, 0.5) is 5.69 Å². The molecule has 0 spiro atoms. The highest BCUT2D eigenvalue weighted by atomic mass is 16.5. The summed E-state index contributed by atoms with van der Waals surface area (Å²) in [7, 11) is 1.66. The van der Waals surface area contributed by atoms with Crippen molar-refractivity contribution in [1.82, 2.24) is 5.32 Å². The van der Waals surface area contributed by atoms with Crippen molar-refractivity contribution in [2.45, 2.75) is 25.9 Å². The Hall–Kier alpha value is -1.94. The standard InChI is InChI=1S/C15H20N2O2/c1-11(8-14-4-3-7-19-14)17-10-12-5-6-13(16)9-15(12)18-2/h3-7,9,11,17H,8,10,16H2,1-2H3. The Morgan fingerprint density at radius 3 is 2.89 bits per heavy atom. The minimum Gasteiger partial charge on any atom is -0.496 e. The van der Waals surface area contributed by atoms with Gasteiger partial charge in [-0.3, -0.25) is 0 Å². The summed E-state index contributed by atoms with van der Waals surface area (Å²) in [4.78, 5) is 0. The number of hydrogen-bond acceptors (Lipinski definition) is 4. The van der Waals surface area contributed by atoms with E-state index in [9.17, 15) is 0 Å². The van der Waals surface area contributed by atoms with E-state index in [2.05, 4.69) is 12.2 Å². The van der Waals surface area contributed by atoms with Gasteiger partial charge in [-0.2, -0.15) is 0 Å². The molecule has 4 nitrogen and oxygen atoms in total. The molecule has 1 heterocycles. The van der Waals surface area contributed by atoms with E-state index in [4.69, 9.17) is 14.9 Å². The lowest BCUT2D eigenvalue weighted by Crippen LogP contribution is -2.27. The van der Waals surface area contributed by atoms with Crippen LogP contribution in [0.2, 0.25) is 0 Å². The number of methoxy groups -OCH3 is 1. The molecule has 19 heavy (non-hydrogen) atoms. The molecule has 0 radical (unpaired) electrons. The maximum Gasteiger partial charge on any atom is 0.125 e. The van der Waals surface area contributed by atoms with Gasteiger partial charge in [0.15, 0.2) is 0 Å². The summed E-state index contributed by atoms with van der Waals surface area (Å²) >= 11 is 0. The number of anilines is 1. The summed E-state index contributed by atoms with van der Waals surface area (Å²) in [5.41, 5.74) is 7.55. The molecule has 0 saturated carbocycles. The average molecular weight is 260 g/mol. The van der Waals surface area contributed by atoms with Crippen LogP contribution in [0.15, 0.2) is 41.0 Å². The van der Waals surface area contributed by atoms with Crippen molar-refractivity contribution in [2.24, 2.45) is 0 Å². The molecular formula is C15H20N2O2. The summed E-state index contributed by atoms with van der Waals surface area (Å²) in [6.07, 6.45) is 2.56. The molecule has 0 amide bonds. The maximum absolute atomic E-state index is 5.74. The maximum atomic E-state index is 5.74. The number of hydrogen-bond donors (Lipinski definition) is 2. The van der Waals surface area contributed by atoms with Gasteiger partial charge in [-0.1, -0.05) is 6.07 Å². The third-order valence-electron chi connectivity index (χ3n) is 3.04. The normalized spacial score (nSPS) is 12.3. The molecule has 102 valence electrons. The number of rotatable bonds is 6. The highest BCUT2D eigenvalue weighted by Crippen LogP contribution is 2.21. The van der Waals surface area contributed by atoms with Crippen molar-refractivity contribution in [3.63, 3.8) is 0 Å². The fourth-order valence-electron chi connectivity index (χ4n) is 1.99. The molecule has 3 N–H and O–H groups in total. The first-order valence-corrected chi connectivity index (χ1v) is 6.37. The fourth-order valence-corrected chi connectivity index (χ4v) is 1.99. The predicted octanol–water partition coefficient (Wildman–Crippen LogP) is 2.59. The smallest absolute Gasteiger partial charge is 0.125 e. The highest BCUT2D eigenvalue weighted by molar-refractivity contribution is 5.48. The van der Waals surface area contributed by atoms with Crippen LogP contribution in [0.25, 0.3) is 0 Å². The summed E-state index contributed by atoms with van der Waals surface area (Å²) in [5, 5.41) is 3.45. The number of ether oxygens (including phenoxy) is 1.